The Bertz CT molecular complexity index is 1260. The number of nitrogens with zero attached hydrogens (tertiary/aromatic N) is 5. The van der Waals surface area contributed by atoms with Gasteiger partial charge in [-0.25, -0.2) is 9.97 Å². The average Bonchev–Trinajstić information content (AvgIpc) is 3.27. The number of aryl methyl sites for hydroxylation is 1. The molecule has 0 saturated heterocycles. The standard InChI is InChI=1S/C17H11F3N6O3S/c1-25-11-3-5-30-15(11)14(24-25)9-2-4-21-17(22-9)23-10-7-12(26(27)28)8(18)6-13(10)29-16(19)20/h2-7,16H,1H3,(H,21,22,23). The van der Waals surface area contributed by atoms with Crippen LogP contribution in [0.3, 0.4) is 0 Å². The second-order valence-electron chi connectivity index (χ2n) is 5.93. The van der Waals surface area contributed by atoms with Gasteiger partial charge in [0.15, 0.2) is 5.75 Å². The van der Waals surface area contributed by atoms with Gasteiger partial charge in [-0.05, 0) is 17.5 Å². The number of hydrogen-bond donors (Lipinski definition) is 1. The third-order valence-electron chi connectivity index (χ3n) is 4.06. The molecule has 0 saturated carbocycles. The second kappa shape index (κ2) is 7.59. The fourth-order valence-electron chi connectivity index (χ4n) is 2.80. The lowest BCUT2D eigenvalue weighted by Gasteiger charge is -2.12. The molecule has 1 N–H and O–H groups in total. The van der Waals surface area contributed by atoms with Crippen molar-refractivity contribution in [3.05, 3.63) is 51.8 Å². The van der Waals surface area contributed by atoms with E-state index in [1.165, 1.54) is 17.5 Å². The summed E-state index contributed by atoms with van der Waals surface area (Å²) in [5.41, 5.74) is 0.726. The minimum atomic E-state index is -3.26. The maximum atomic E-state index is 13.8. The first-order valence-corrected chi connectivity index (χ1v) is 9.15. The van der Waals surface area contributed by atoms with Crippen LogP contribution in [0, 0.1) is 15.9 Å². The molecule has 9 nitrogen and oxygen atoms in total. The van der Waals surface area contributed by atoms with Crippen LogP contribution in [-0.2, 0) is 7.05 Å². The second-order valence-corrected chi connectivity index (χ2v) is 6.85. The van der Waals surface area contributed by atoms with E-state index in [1.807, 2.05) is 11.4 Å². The van der Waals surface area contributed by atoms with Crippen LogP contribution in [0.2, 0.25) is 0 Å². The number of nitro benzene ring substituents is 1. The molecule has 3 aromatic heterocycles. The van der Waals surface area contributed by atoms with Crippen LogP contribution < -0.4 is 10.1 Å². The Morgan fingerprint density at radius 2 is 2.13 bits per heavy atom. The van der Waals surface area contributed by atoms with E-state index in [-0.39, 0.29) is 11.6 Å². The molecule has 0 fully saturated rings. The summed E-state index contributed by atoms with van der Waals surface area (Å²) in [6.07, 6.45) is 1.41. The summed E-state index contributed by atoms with van der Waals surface area (Å²) in [5.74, 6) is -2.01. The van der Waals surface area contributed by atoms with Crippen molar-refractivity contribution in [2.45, 2.75) is 6.61 Å². The number of ether oxygens (including phenoxy) is 1. The number of hydrogen-bond acceptors (Lipinski definition) is 8. The van der Waals surface area contributed by atoms with E-state index in [4.69, 9.17) is 0 Å². The molecule has 0 aliphatic rings. The average molecular weight is 436 g/mol. The highest BCUT2D eigenvalue weighted by molar-refractivity contribution is 7.17. The van der Waals surface area contributed by atoms with Crippen LogP contribution in [0.5, 0.6) is 5.75 Å². The molecule has 154 valence electrons. The lowest BCUT2D eigenvalue weighted by molar-refractivity contribution is -0.387. The Balaban J connectivity index is 1.74. The molecule has 0 spiro atoms. The van der Waals surface area contributed by atoms with Gasteiger partial charge < -0.3 is 10.1 Å². The van der Waals surface area contributed by atoms with Gasteiger partial charge in [0, 0.05) is 25.4 Å². The van der Waals surface area contributed by atoms with E-state index >= 15 is 0 Å². The Labute approximate surface area is 169 Å². The fourth-order valence-corrected chi connectivity index (χ4v) is 3.71. The van der Waals surface area contributed by atoms with Crippen LogP contribution in [0.15, 0.2) is 35.8 Å². The molecule has 0 amide bonds. The molecule has 4 rings (SSSR count). The van der Waals surface area contributed by atoms with Gasteiger partial charge in [-0.3, -0.25) is 14.8 Å². The number of nitro groups is 1. The van der Waals surface area contributed by atoms with Crippen molar-refractivity contribution in [1.82, 2.24) is 19.7 Å². The van der Waals surface area contributed by atoms with Gasteiger partial charge in [0.2, 0.25) is 11.8 Å². The molecule has 13 heteroatoms. The molecule has 0 atom stereocenters. The molecule has 0 unspecified atom stereocenters. The summed E-state index contributed by atoms with van der Waals surface area (Å²) in [4.78, 5) is 18.3. The Kier molecular flexibility index (Phi) is 4.95. The number of thiophene rings is 1. The number of alkyl halides is 2. The number of anilines is 2. The van der Waals surface area contributed by atoms with Crippen molar-refractivity contribution in [3.63, 3.8) is 0 Å². The first-order chi connectivity index (χ1) is 14.3. The van der Waals surface area contributed by atoms with Gasteiger partial charge >= 0.3 is 12.3 Å². The molecule has 0 radical (unpaired) electrons. The number of benzene rings is 1. The number of aromatic nitrogens is 4. The monoisotopic (exact) mass is 436 g/mol. The minimum Gasteiger partial charge on any atom is -0.432 e. The van der Waals surface area contributed by atoms with Gasteiger partial charge in [-0.15, -0.1) is 11.3 Å². The van der Waals surface area contributed by atoms with Crippen molar-refractivity contribution >= 4 is 38.9 Å². The number of fused-ring (bicyclic) bond motifs is 1. The van der Waals surface area contributed by atoms with Crippen LogP contribution in [-0.4, -0.2) is 31.3 Å². The molecule has 0 bridgehead atoms. The van der Waals surface area contributed by atoms with E-state index in [0.29, 0.717) is 17.5 Å². The number of halogens is 3. The first kappa shape index (κ1) is 19.6. The van der Waals surface area contributed by atoms with Crippen molar-refractivity contribution < 1.29 is 22.8 Å². The molecule has 3 heterocycles. The van der Waals surface area contributed by atoms with Crippen LogP contribution in [0.4, 0.5) is 30.5 Å². The first-order valence-electron chi connectivity index (χ1n) is 8.27. The predicted octanol–water partition coefficient (Wildman–Crippen LogP) is 4.48. The van der Waals surface area contributed by atoms with Gasteiger partial charge in [-0.2, -0.15) is 18.3 Å². The van der Waals surface area contributed by atoms with Crippen LogP contribution in [0.1, 0.15) is 0 Å². The predicted molar refractivity (Wildman–Crippen MR) is 103 cm³/mol. The zero-order valence-electron chi connectivity index (χ0n) is 15.0. The zero-order chi connectivity index (χ0) is 21.4. The lowest BCUT2D eigenvalue weighted by atomic mass is 10.2. The van der Waals surface area contributed by atoms with Crippen molar-refractivity contribution in [1.29, 1.82) is 0 Å². The summed E-state index contributed by atoms with van der Waals surface area (Å²) in [6, 6.07) is 4.75. The topological polar surface area (TPSA) is 108 Å². The number of nitrogens with one attached hydrogen (secondary N) is 1. The molecule has 0 aliphatic heterocycles. The molecule has 0 aliphatic carbocycles. The quantitative estimate of drug-likeness (QED) is 0.351. The highest BCUT2D eigenvalue weighted by atomic mass is 32.1. The van der Waals surface area contributed by atoms with E-state index in [0.717, 1.165) is 16.3 Å². The summed E-state index contributed by atoms with van der Waals surface area (Å²) in [7, 11) is 1.78. The molecule has 4 aromatic rings. The third kappa shape index (κ3) is 3.61. The summed E-state index contributed by atoms with van der Waals surface area (Å²) >= 11 is 1.47. The largest absolute Gasteiger partial charge is 0.432 e. The highest BCUT2D eigenvalue weighted by Gasteiger charge is 2.22. The molecular formula is C17H11F3N6O3S. The highest BCUT2D eigenvalue weighted by Crippen LogP contribution is 2.35. The third-order valence-corrected chi connectivity index (χ3v) is 4.97. The Morgan fingerprint density at radius 1 is 1.33 bits per heavy atom. The smallest absolute Gasteiger partial charge is 0.387 e. The Hall–Kier alpha value is -3.74. The normalized spacial score (nSPS) is 11.2. The van der Waals surface area contributed by atoms with Gasteiger partial charge in [0.25, 0.3) is 0 Å². The fraction of sp³-hybridized carbons (Fsp3) is 0.118. The van der Waals surface area contributed by atoms with Crippen LogP contribution in [0.25, 0.3) is 21.6 Å². The van der Waals surface area contributed by atoms with Crippen molar-refractivity contribution in [2.24, 2.45) is 7.05 Å². The summed E-state index contributed by atoms with van der Waals surface area (Å²) in [5, 5.41) is 19.9. The van der Waals surface area contributed by atoms with Crippen molar-refractivity contribution in [3.8, 4) is 17.1 Å². The summed E-state index contributed by atoms with van der Waals surface area (Å²) in [6.45, 7) is -3.26. The Morgan fingerprint density at radius 3 is 2.87 bits per heavy atom. The molecular weight excluding hydrogens is 425 g/mol. The number of rotatable bonds is 6. The maximum Gasteiger partial charge on any atom is 0.387 e. The molecule has 1 aromatic carbocycles. The van der Waals surface area contributed by atoms with Crippen LogP contribution >= 0.6 is 11.3 Å². The van der Waals surface area contributed by atoms with Gasteiger partial charge in [-0.1, -0.05) is 0 Å². The summed E-state index contributed by atoms with van der Waals surface area (Å²) < 4.78 is 46.1. The van der Waals surface area contributed by atoms with Gasteiger partial charge in [0.1, 0.15) is 5.69 Å². The zero-order valence-corrected chi connectivity index (χ0v) is 15.9. The lowest BCUT2D eigenvalue weighted by Crippen LogP contribution is -2.07. The SMILES string of the molecule is Cn1nc(-c2ccnc(Nc3cc([N+](=O)[O-])c(F)cc3OC(F)F)n2)c2sccc21. The van der Waals surface area contributed by atoms with Crippen molar-refractivity contribution in [2.75, 3.05) is 5.32 Å². The van der Waals surface area contributed by atoms with E-state index < -0.39 is 28.8 Å². The van der Waals surface area contributed by atoms with Gasteiger partial charge in [0.05, 0.1) is 26.5 Å². The minimum absolute atomic E-state index is 0.0668. The van der Waals surface area contributed by atoms with E-state index in [2.05, 4.69) is 25.1 Å². The molecule has 30 heavy (non-hydrogen) atoms. The van der Waals surface area contributed by atoms with E-state index in [1.54, 1.807) is 17.8 Å². The van der Waals surface area contributed by atoms with E-state index in [9.17, 15) is 23.3 Å². The maximum absolute atomic E-state index is 13.8.